The molecule has 1 aromatic rings. The molecule has 218 valence electrons. The number of nitrogens with one attached hydrogen (secondary N) is 2. The fourth-order valence-corrected chi connectivity index (χ4v) is 3.69. The van der Waals surface area contributed by atoms with Gasteiger partial charge >= 0.3 is 5.97 Å². The molecule has 1 aromatic carbocycles. The number of hydrogen-bond donors (Lipinski definition) is 7. The molecule has 16 heteroatoms. The van der Waals surface area contributed by atoms with Crippen molar-refractivity contribution >= 4 is 29.6 Å². The number of carboxylic acids is 1. The van der Waals surface area contributed by atoms with Gasteiger partial charge in [0.25, 0.3) is 17.7 Å². The lowest BCUT2D eigenvalue weighted by Gasteiger charge is -2.38. The number of carbonyl (C=O) groups excluding carboxylic acids is 4. The van der Waals surface area contributed by atoms with E-state index in [0.29, 0.717) is 0 Å². The van der Waals surface area contributed by atoms with Gasteiger partial charge in [0, 0.05) is 43.8 Å². The largest absolute Gasteiger partial charge is 0.504 e. The summed E-state index contributed by atoms with van der Waals surface area (Å²) in [5.74, 6) is -4.29. The van der Waals surface area contributed by atoms with Gasteiger partial charge in [-0.15, -0.1) is 0 Å². The maximum absolute atomic E-state index is 12.3. The van der Waals surface area contributed by atoms with E-state index < -0.39 is 60.1 Å². The minimum atomic E-state index is -1.90. The van der Waals surface area contributed by atoms with E-state index in [9.17, 15) is 44.4 Å². The zero-order valence-electron chi connectivity index (χ0n) is 21.0. The summed E-state index contributed by atoms with van der Waals surface area (Å²) in [6.45, 7) is 0.483. The second-order valence-electron chi connectivity index (χ2n) is 8.67. The second-order valence-corrected chi connectivity index (χ2v) is 8.67. The molecule has 3 rings (SSSR count). The van der Waals surface area contributed by atoms with Gasteiger partial charge in [0.05, 0.1) is 13.2 Å². The van der Waals surface area contributed by atoms with Gasteiger partial charge in [-0.3, -0.25) is 24.1 Å². The van der Waals surface area contributed by atoms with Crippen molar-refractivity contribution in [2.75, 3.05) is 32.8 Å². The highest BCUT2D eigenvalue weighted by Gasteiger charge is 2.48. The van der Waals surface area contributed by atoms with Crippen LogP contribution < -0.4 is 15.4 Å². The molecule has 0 bridgehead atoms. The second kappa shape index (κ2) is 13.8. The van der Waals surface area contributed by atoms with Crippen LogP contribution in [0.4, 0.5) is 0 Å². The molecule has 1 fully saturated rings. The van der Waals surface area contributed by atoms with Gasteiger partial charge in [-0.2, -0.15) is 0 Å². The molecule has 4 amide bonds. The molecule has 2 heterocycles. The Morgan fingerprint density at radius 2 is 1.60 bits per heavy atom. The highest BCUT2D eigenvalue weighted by molar-refractivity contribution is 6.13. The Balaban J connectivity index is 1.34. The van der Waals surface area contributed by atoms with E-state index >= 15 is 0 Å². The third-order valence-electron chi connectivity index (χ3n) is 5.84. The molecule has 0 aliphatic carbocycles. The normalized spacial score (nSPS) is 24.2. The van der Waals surface area contributed by atoms with Gasteiger partial charge in [-0.1, -0.05) is 0 Å². The van der Waals surface area contributed by atoms with Crippen LogP contribution in [0.5, 0.6) is 11.5 Å². The summed E-state index contributed by atoms with van der Waals surface area (Å²) in [4.78, 5) is 59.2. The molecule has 0 unspecified atom stereocenters. The number of aliphatic hydroxyl groups excluding tert-OH is 3. The molecule has 0 aromatic heterocycles. The molecule has 0 radical (unpaired) electrons. The van der Waals surface area contributed by atoms with Gasteiger partial charge in [-0.25, -0.2) is 4.79 Å². The van der Waals surface area contributed by atoms with Gasteiger partial charge < -0.3 is 50.4 Å². The van der Waals surface area contributed by atoms with Crippen molar-refractivity contribution < 1.29 is 63.7 Å². The van der Waals surface area contributed by atoms with Crippen molar-refractivity contribution in [1.82, 2.24) is 15.5 Å². The number of phenolic OH excluding ortho intramolecular Hbond substituents is 1. The predicted octanol–water partition coefficient (Wildman–Crippen LogP) is -3.16. The molecule has 16 nitrogen and oxygen atoms in total. The molecule has 0 spiro atoms. The molecule has 40 heavy (non-hydrogen) atoms. The quantitative estimate of drug-likeness (QED) is 0.0921. The number of benzene rings is 1. The van der Waals surface area contributed by atoms with E-state index in [4.69, 9.17) is 19.3 Å². The predicted molar refractivity (Wildman–Crippen MR) is 130 cm³/mol. The van der Waals surface area contributed by atoms with Crippen LogP contribution in [0.3, 0.4) is 0 Å². The Labute approximate surface area is 226 Å². The van der Waals surface area contributed by atoms with Gasteiger partial charge in [0.2, 0.25) is 12.2 Å². The number of aliphatic carboxylic acids is 1. The van der Waals surface area contributed by atoms with Crippen LogP contribution in [0.15, 0.2) is 30.4 Å². The fraction of sp³-hybridized carbons (Fsp3) is 0.458. The topological polar surface area (TPSA) is 241 Å². The van der Waals surface area contributed by atoms with Crippen molar-refractivity contribution in [3.63, 3.8) is 0 Å². The van der Waals surface area contributed by atoms with E-state index in [1.807, 2.05) is 0 Å². The van der Waals surface area contributed by atoms with E-state index in [1.54, 1.807) is 0 Å². The first-order chi connectivity index (χ1) is 19.0. The monoisotopic (exact) mass is 567 g/mol. The third kappa shape index (κ3) is 7.73. The Morgan fingerprint density at radius 3 is 2.23 bits per heavy atom. The zero-order valence-corrected chi connectivity index (χ0v) is 21.0. The number of hydrogen-bond acceptors (Lipinski definition) is 12. The number of aliphatic hydroxyl groups is 3. The highest BCUT2D eigenvalue weighted by atomic mass is 16.7. The van der Waals surface area contributed by atoms with Gasteiger partial charge in [0.1, 0.15) is 18.3 Å². The van der Waals surface area contributed by atoms with Crippen LogP contribution >= 0.6 is 0 Å². The first-order valence-electron chi connectivity index (χ1n) is 12.1. The van der Waals surface area contributed by atoms with Crippen molar-refractivity contribution in [3.05, 3.63) is 35.9 Å². The van der Waals surface area contributed by atoms with E-state index in [-0.39, 0.29) is 56.5 Å². The maximum Gasteiger partial charge on any atom is 0.335 e. The number of carboxylic acid groups (broad SMARTS) is 1. The average molecular weight is 568 g/mol. The number of rotatable bonds is 13. The molecular formula is C24H29N3O13. The first-order valence-corrected chi connectivity index (χ1v) is 12.1. The van der Waals surface area contributed by atoms with Crippen LogP contribution in [0.2, 0.25) is 0 Å². The summed E-state index contributed by atoms with van der Waals surface area (Å²) < 4.78 is 15.6. The minimum absolute atomic E-state index is 0.0270. The smallest absolute Gasteiger partial charge is 0.335 e. The van der Waals surface area contributed by atoms with E-state index in [2.05, 4.69) is 10.6 Å². The first kappa shape index (κ1) is 30.5. The summed E-state index contributed by atoms with van der Waals surface area (Å²) in [6, 6.07) is 3.49. The molecule has 0 saturated carbocycles. The Kier molecular flexibility index (Phi) is 10.5. The van der Waals surface area contributed by atoms with Gasteiger partial charge in [-0.05, 0) is 18.2 Å². The number of nitrogens with zero attached hydrogens (tertiary/aromatic N) is 1. The van der Waals surface area contributed by atoms with E-state index in [0.717, 1.165) is 23.1 Å². The zero-order chi connectivity index (χ0) is 29.4. The molecule has 7 N–H and O–H groups in total. The summed E-state index contributed by atoms with van der Waals surface area (Å²) in [5, 5.41) is 54.1. The highest BCUT2D eigenvalue weighted by Crippen LogP contribution is 2.31. The molecule has 1 saturated heterocycles. The summed E-state index contributed by atoms with van der Waals surface area (Å²) in [5.41, 5.74) is 0.0336. The Bertz CT molecular complexity index is 1140. The SMILES string of the molecule is O=C(CCN1C(=O)C=CC1=O)NCCOCCNC(=O)c1ccc(O[C@@H]2O[C@H](C(=O)O)[C@@H](O)[C@H](O)[C@H]2O)c(O)c1. The maximum atomic E-state index is 12.3. The molecule has 2 aliphatic heterocycles. The summed E-state index contributed by atoms with van der Waals surface area (Å²) in [6.07, 6.45) is -7.01. The molecular weight excluding hydrogens is 538 g/mol. The summed E-state index contributed by atoms with van der Waals surface area (Å²) in [7, 11) is 0. The Morgan fingerprint density at radius 1 is 0.950 bits per heavy atom. The van der Waals surface area contributed by atoms with Crippen LogP contribution in [-0.4, -0.2) is 124 Å². The number of carbonyl (C=O) groups is 5. The lowest BCUT2D eigenvalue weighted by Crippen LogP contribution is -2.61. The summed E-state index contributed by atoms with van der Waals surface area (Å²) >= 11 is 0. The van der Waals surface area contributed by atoms with Crippen LogP contribution in [0, 0.1) is 0 Å². The molecule has 5 atom stereocenters. The van der Waals surface area contributed by atoms with Crippen LogP contribution in [-0.2, 0) is 28.7 Å². The lowest BCUT2D eigenvalue weighted by atomic mass is 9.99. The number of ether oxygens (including phenoxy) is 3. The van der Waals surface area contributed by atoms with Gasteiger partial charge in [0.15, 0.2) is 17.6 Å². The lowest BCUT2D eigenvalue weighted by molar-refractivity contribution is -0.271. The van der Waals surface area contributed by atoms with Crippen molar-refractivity contribution in [2.45, 2.75) is 37.1 Å². The van der Waals surface area contributed by atoms with Crippen molar-refractivity contribution in [2.24, 2.45) is 0 Å². The van der Waals surface area contributed by atoms with Crippen molar-refractivity contribution in [3.8, 4) is 11.5 Å². The minimum Gasteiger partial charge on any atom is -0.504 e. The van der Waals surface area contributed by atoms with Crippen LogP contribution in [0.1, 0.15) is 16.8 Å². The van der Waals surface area contributed by atoms with E-state index in [1.165, 1.54) is 12.1 Å². The van der Waals surface area contributed by atoms with Crippen molar-refractivity contribution in [1.29, 1.82) is 0 Å². The van der Waals surface area contributed by atoms with Crippen LogP contribution in [0.25, 0.3) is 0 Å². The standard InChI is InChI=1S/C24H29N3O13/c28-13-11-12(1-2-14(13)39-24-20(34)18(32)19(33)21(40-24)23(36)37)22(35)26-7-10-38-9-6-25-15(29)5-8-27-16(30)3-4-17(27)31/h1-4,11,18-21,24,28,32-34H,5-10H2,(H,25,29)(H,26,35)(H,36,37)/t18-,19-,20+,21-,24+/m0/s1. The number of amides is 4. The third-order valence-corrected chi connectivity index (χ3v) is 5.84. The number of imide groups is 1. The molecule has 2 aliphatic rings. The number of aromatic hydroxyl groups is 1. The number of phenols is 1. The fourth-order valence-electron chi connectivity index (χ4n) is 3.69. The average Bonchev–Trinajstić information content (AvgIpc) is 3.24. The Hall–Kier alpha value is -4.09.